The molecule has 2 rings (SSSR count). The van der Waals surface area contributed by atoms with Gasteiger partial charge < -0.3 is 0 Å². The van der Waals surface area contributed by atoms with Gasteiger partial charge in [0.05, 0.1) is 5.52 Å². The van der Waals surface area contributed by atoms with Crippen molar-refractivity contribution in [2.75, 3.05) is 0 Å². The van der Waals surface area contributed by atoms with Crippen LogP contribution >= 0.6 is 27.5 Å². The van der Waals surface area contributed by atoms with Gasteiger partial charge in [-0.05, 0) is 37.6 Å². The molecule has 0 fully saturated rings. The molecule has 0 spiro atoms. The molecule has 0 aliphatic carbocycles. The van der Waals surface area contributed by atoms with E-state index >= 15 is 0 Å². The molecule has 0 radical (unpaired) electrons. The van der Waals surface area contributed by atoms with Crippen LogP contribution in [0.4, 0.5) is 0 Å². The largest absolute Gasteiger partial charge is 0.253 e. The predicted molar refractivity (Wildman–Crippen MR) is 63.9 cm³/mol. The Balaban J connectivity index is 2.94. The van der Waals surface area contributed by atoms with Crippen molar-refractivity contribution in [2.24, 2.45) is 0 Å². The van der Waals surface area contributed by atoms with Crippen molar-refractivity contribution in [3.8, 4) is 0 Å². The smallest absolute Gasteiger partial charge is 0.0746 e. The summed E-state index contributed by atoms with van der Waals surface area (Å²) in [5.74, 6) is 0. The fourth-order valence-corrected chi connectivity index (χ4v) is 2.44. The summed E-state index contributed by atoms with van der Waals surface area (Å²) in [6.45, 7) is 4.01. The summed E-state index contributed by atoms with van der Waals surface area (Å²) in [5, 5.41) is 1.82. The van der Waals surface area contributed by atoms with Crippen LogP contribution in [0.15, 0.2) is 22.7 Å². The quantitative estimate of drug-likeness (QED) is 0.697. The summed E-state index contributed by atoms with van der Waals surface area (Å²) in [6, 6.07) is 5.86. The normalized spacial score (nSPS) is 10.9. The molecule has 1 aromatic carbocycles. The number of fused-ring (bicyclic) bond motifs is 1. The van der Waals surface area contributed by atoms with Gasteiger partial charge in [0.15, 0.2) is 0 Å². The van der Waals surface area contributed by atoms with Crippen LogP contribution in [0.25, 0.3) is 10.9 Å². The molecule has 0 aliphatic heterocycles. The highest BCUT2D eigenvalue weighted by Gasteiger charge is 2.05. The van der Waals surface area contributed by atoms with Crippen LogP contribution in [0.2, 0.25) is 5.02 Å². The first-order valence-electron chi connectivity index (χ1n) is 4.31. The van der Waals surface area contributed by atoms with Crippen molar-refractivity contribution in [1.29, 1.82) is 0 Å². The van der Waals surface area contributed by atoms with E-state index in [1.54, 1.807) is 0 Å². The second-order valence-corrected chi connectivity index (χ2v) is 4.66. The number of halogens is 2. The van der Waals surface area contributed by atoms with Crippen LogP contribution in [0.1, 0.15) is 11.3 Å². The van der Waals surface area contributed by atoms with Gasteiger partial charge in [0.1, 0.15) is 0 Å². The Morgan fingerprint density at radius 1 is 1.21 bits per heavy atom. The van der Waals surface area contributed by atoms with E-state index in [9.17, 15) is 0 Å². The number of pyridine rings is 1. The Morgan fingerprint density at radius 2 is 1.93 bits per heavy atom. The summed E-state index contributed by atoms with van der Waals surface area (Å²) in [4.78, 5) is 4.49. The molecule has 1 aromatic heterocycles. The van der Waals surface area contributed by atoms with E-state index in [0.29, 0.717) is 0 Å². The third kappa shape index (κ3) is 1.64. The molecule has 0 amide bonds. The van der Waals surface area contributed by atoms with Crippen LogP contribution < -0.4 is 0 Å². The van der Waals surface area contributed by atoms with E-state index in [0.717, 1.165) is 31.7 Å². The molecule has 1 heterocycles. The lowest BCUT2D eigenvalue weighted by Crippen LogP contribution is -1.88. The third-order valence-corrected chi connectivity index (χ3v) is 3.02. The summed E-state index contributed by atoms with van der Waals surface area (Å²) in [5.41, 5.74) is 3.13. The maximum absolute atomic E-state index is 5.99. The van der Waals surface area contributed by atoms with Gasteiger partial charge in [-0.15, -0.1) is 0 Å². The Morgan fingerprint density at radius 3 is 2.64 bits per heavy atom. The Hall–Kier alpha value is -0.600. The summed E-state index contributed by atoms with van der Waals surface area (Å²) in [7, 11) is 0. The number of aromatic nitrogens is 1. The first kappa shape index (κ1) is 9.94. The Bertz CT molecular complexity index is 461. The fourth-order valence-electron chi connectivity index (χ4n) is 1.54. The number of nitrogens with zero attached hydrogens (tertiary/aromatic N) is 1. The minimum Gasteiger partial charge on any atom is -0.253 e. The minimum atomic E-state index is 0.751. The van der Waals surface area contributed by atoms with Gasteiger partial charge in [-0.3, -0.25) is 4.98 Å². The van der Waals surface area contributed by atoms with Crippen molar-refractivity contribution in [3.05, 3.63) is 39.0 Å². The molecule has 0 saturated carbocycles. The number of hydrogen-bond acceptors (Lipinski definition) is 1. The minimum absolute atomic E-state index is 0.751. The Labute approximate surface area is 96.2 Å². The molecule has 72 valence electrons. The van der Waals surface area contributed by atoms with E-state index in [1.165, 1.54) is 0 Å². The molecule has 2 aromatic rings. The van der Waals surface area contributed by atoms with Gasteiger partial charge in [0, 0.05) is 20.6 Å². The molecule has 0 aliphatic rings. The van der Waals surface area contributed by atoms with Gasteiger partial charge >= 0.3 is 0 Å². The van der Waals surface area contributed by atoms with Gasteiger partial charge in [0.25, 0.3) is 0 Å². The van der Waals surface area contributed by atoms with Crippen molar-refractivity contribution >= 4 is 38.4 Å². The maximum atomic E-state index is 5.99. The zero-order chi connectivity index (χ0) is 10.3. The molecule has 0 N–H and O–H groups in total. The van der Waals surface area contributed by atoms with Gasteiger partial charge in [-0.25, -0.2) is 0 Å². The topological polar surface area (TPSA) is 12.9 Å². The van der Waals surface area contributed by atoms with Crippen LogP contribution in [-0.2, 0) is 0 Å². The molecule has 0 bridgehead atoms. The molecular weight excluding hydrogens is 261 g/mol. The molecule has 14 heavy (non-hydrogen) atoms. The number of hydrogen-bond donors (Lipinski definition) is 0. The average Bonchev–Trinajstić information content (AvgIpc) is 2.07. The lowest BCUT2D eigenvalue weighted by Gasteiger charge is -2.05. The highest BCUT2D eigenvalue weighted by atomic mass is 79.9. The Kier molecular flexibility index (Phi) is 2.50. The maximum Gasteiger partial charge on any atom is 0.0746 e. The lowest BCUT2D eigenvalue weighted by atomic mass is 10.1. The molecule has 3 heteroatoms. The third-order valence-electron chi connectivity index (χ3n) is 2.15. The van der Waals surface area contributed by atoms with Crippen molar-refractivity contribution in [3.63, 3.8) is 0 Å². The van der Waals surface area contributed by atoms with E-state index < -0.39 is 0 Å². The van der Waals surface area contributed by atoms with Crippen molar-refractivity contribution in [1.82, 2.24) is 4.98 Å². The SMILES string of the molecule is Cc1cc(Br)c2cc(Cl)cc(C)c2n1. The first-order valence-corrected chi connectivity index (χ1v) is 5.48. The summed E-state index contributed by atoms with van der Waals surface area (Å²) in [6.07, 6.45) is 0. The predicted octanol–water partition coefficient (Wildman–Crippen LogP) is 4.27. The lowest BCUT2D eigenvalue weighted by molar-refractivity contribution is 1.23. The highest BCUT2D eigenvalue weighted by Crippen LogP contribution is 2.28. The summed E-state index contributed by atoms with van der Waals surface area (Å²) < 4.78 is 1.05. The molecule has 0 atom stereocenters. The number of benzene rings is 1. The highest BCUT2D eigenvalue weighted by molar-refractivity contribution is 9.10. The van der Waals surface area contributed by atoms with Crippen molar-refractivity contribution < 1.29 is 0 Å². The van der Waals surface area contributed by atoms with Crippen LogP contribution in [0, 0.1) is 13.8 Å². The zero-order valence-corrected chi connectivity index (χ0v) is 10.3. The van der Waals surface area contributed by atoms with Gasteiger partial charge in [-0.2, -0.15) is 0 Å². The zero-order valence-electron chi connectivity index (χ0n) is 7.94. The van der Waals surface area contributed by atoms with Crippen LogP contribution in [0.3, 0.4) is 0 Å². The van der Waals surface area contributed by atoms with E-state index in [2.05, 4.69) is 20.9 Å². The standard InChI is InChI=1S/C11H9BrClN/c1-6-3-8(13)5-9-10(12)4-7(2)14-11(6)9/h3-5H,1-2H3. The number of rotatable bonds is 0. The second kappa shape index (κ2) is 3.52. The molecule has 0 unspecified atom stereocenters. The van der Waals surface area contributed by atoms with E-state index in [-0.39, 0.29) is 0 Å². The monoisotopic (exact) mass is 269 g/mol. The van der Waals surface area contributed by atoms with Gasteiger partial charge in [-0.1, -0.05) is 27.5 Å². The molecule has 1 nitrogen and oxygen atoms in total. The second-order valence-electron chi connectivity index (χ2n) is 3.36. The average molecular weight is 271 g/mol. The first-order chi connectivity index (χ1) is 6.58. The molecule has 0 saturated heterocycles. The van der Waals surface area contributed by atoms with E-state index in [1.807, 2.05) is 32.0 Å². The van der Waals surface area contributed by atoms with Crippen molar-refractivity contribution in [2.45, 2.75) is 13.8 Å². The van der Waals surface area contributed by atoms with E-state index in [4.69, 9.17) is 11.6 Å². The van der Waals surface area contributed by atoms with Crippen LogP contribution in [-0.4, -0.2) is 4.98 Å². The molecular formula is C11H9BrClN. The fraction of sp³-hybridized carbons (Fsp3) is 0.182. The van der Waals surface area contributed by atoms with Gasteiger partial charge in [0.2, 0.25) is 0 Å². The number of aryl methyl sites for hydroxylation is 2. The summed E-state index contributed by atoms with van der Waals surface area (Å²) >= 11 is 9.50. The van der Waals surface area contributed by atoms with Crippen LogP contribution in [0.5, 0.6) is 0 Å².